The van der Waals surface area contributed by atoms with E-state index in [1.54, 1.807) is 0 Å². The van der Waals surface area contributed by atoms with E-state index in [1.807, 2.05) is 20.8 Å². The van der Waals surface area contributed by atoms with Gasteiger partial charge in [-0.15, -0.1) is 0 Å². The molecule has 18 heavy (non-hydrogen) atoms. The van der Waals surface area contributed by atoms with Crippen LogP contribution in [0.5, 0.6) is 0 Å². The fourth-order valence-corrected chi connectivity index (χ4v) is 1.23. The molecule has 0 saturated carbocycles. The van der Waals surface area contributed by atoms with Gasteiger partial charge >= 0.3 is 11.9 Å². The van der Waals surface area contributed by atoms with Crippen LogP contribution < -0.4 is 5.73 Å². The van der Waals surface area contributed by atoms with Gasteiger partial charge in [0.25, 0.3) is 0 Å². The third-order valence-electron chi connectivity index (χ3n) is 1.82. The fraction of sp³-hybridized carbons (Fsp3) is 0.444. The molecule has 1 atom stereocenters. The lowest BCUT2D eigenvalue weighted by atomic mass is 10.1. The molecule has 0 aromatic carbocycles. The molecule has 1 rings (SSSR count). The number of aromatic nitrogens is 2. The van der Waals surface area contributed by atoms with Gasteiger partial charge in [-0.2, -0.15) is 5.10 Å². The van der Waals surface area contributed by atoms with Crippen LogP contribution in [0, 0.1) is 13.8 Å². The largest absolute Gasteiger partial charge is 0.473 e. The first-order valence-corrected chi connectivity index (χ1v) is 4.50. The molecular formula is C9H19N3O6. The lowest BCUT2D eigenvalue weighted by molar-refractivity contribution is -0.159. The molecule has 106 valence electrons. The monoisotopic (exact) mass is 265 g/mol. The Morgan fingerprint density at radius 3 is 1.72 bits per heavy atom. The van der Waals surface area contributed by atoms with Gasteiger partial charge in [0.1, 0.15) is 0 Å². The van der Waals surface area contributed by atoms with Crippen molar-refractivity contribution < 1.29 is 30.8 Å². The predicted molar refractivity (Wildman–Crippen MR) is 63.2 cm³/mol. The van der Waals surface area contributed by atoms with Crippen LogP contribution in [0.2, 0.25) is 0 Å². The molecule has 0 aliphatic carbocycles. The molecule has 9 nitrogen and oxygen atoms in total. The number of hydrogen-bond donors (Lipinski definition) is 4. The molecule has 0 fully saturated rings. The number of carbonyl (C=O) groups is 2. The van der Waals surface area contributed by atoms with E-state index < -0.39 is 11.9 Å². The molecule has 0 amide bonds. The molecule has 0 spiro atoms. The van der Waals surface area contributed by atoms with Gasteiger partial charge in [-0.25, -0.2) is 9.59 Å². The Hall–Kier alpha value is -1.97. The Balaban J connectivity index is -0.000000250. The molecule has 0 saturated heterocycles. The van der Waals surface area contributed by atoms with E-state index in [0.717, 1.165) is 17.0 Å². The van der Waals surface area contributed by atoms with Crippen molar-refractivity contribution in [2.45, 2.75) is 26.8 Å². The van der Waals surface area contributed by atoms with Crippen LogP contribution in [0.15, 0.2) is 0 Å². The van der Waals surface area contributed by atoms with Gasteiger partial charge in [-0.1, -0.05) is 0 Å². The van der Waals surface area contributed by atoms with Crippen molar-refractivity contribution in [3.05, 3.63) is 17.0 Å². The Bertz CT molecular complexity index is 356. The number of nitrogens with one attached hydrogen (secondary N) is 1. The van der Waals surface area contributed by atoms with E-state index in [2.05, 4.69) is 10.2 Å². The van der Waals surface area contributed by atoms with Crippen molar-refractivity contribution in [2.75, 3.05) is 0 Å². The quantitative estimate of drug-likeness (QED) is 0.448. The van der Waals surface area contributed by atoms with Crippen LogP contribution in [-0.2, 0) is 9.59 Å². The zero-order valence-corrected chi connectivity index (χ0v) is 10.3. The average molecular weight is 265 g/mol. The summed E-state index contributed by atoms with van der Waals surface area (Å²) in [5, 5.41) is 21.7. The highest BCUT2D eigenvalue weighted by Crippen LogP contribution is 2.15. The fourth-order valence-electron chi connectivity index (χ4n) is 1.23. The van der Waals surface area contributed by atoms with E-state index in [0.29, 0.717) is 0 Å². The molecule has 1 unspecified atom stereocenters. The number of rotatable bonds is 1. The number of nitrogens with two attached hydrogens (primary N) is 1. The summed E-state index contributed by atoms with van der Waals surface area (Å²) in [7, 11) is 0. The number of carboxylic acids is 2. The third kappa shape index (κ3) is 6.58. The molecule has 1 aromatic heterocycles. The normalized spacial score (nSPS) is 10.0. The number of aromatic amines is 1. The Kier molecular flexibility index (Phi) is 10.8. The van der Waals surface area contributed by atoms with Crippen molar-refractivity contribution >= 4 is 11.9 Å². The maximum atomic E-state index is 9.10. The molecule has 9 N–H and O–H groups in total. The van der Waals surface area contributed by atoms with Crippen LogP contribution in [0.4, 0.5) is 0 Å². The van der Waals surface area contributed by atoms with Crippen molar-refractivity contribution in [1.29, 1.82) is 0 Å². The number of aliphatic carboxylic acids is 2. The zero-order chi connectivity index (χ0) is 12.9. The minimum Gasteiger partial charge on any atom is -0.473 e. The summed E-state index contributed by atoms with van der Waals surface area (Å²) in [6.07, 6.45) is 0. The van der Waals surface area contributed by atoms with E-state index in [-0.39, 0.29) is 17.0 Å². The summed E-state index contributed by atoms with van der Waals surface area (Å²) in [6, 6.07) is 0.0822. The number of carboxylic acid groups (broad SMARTS) is 2. The van der Waals surface area contributed by atoms with Gasteiger partial charge in [-0.3, -0.25) is 5.10 Å². The second-order valence-electron chi connectivity index (χ2n) is 3.25. The SMILES string of the molecule is Cc1n[nH]c(C)c1C(C)N.O.O.O=C(O)C(=O)O. The smallest absolute Gasteiger partial charge is 0.414 e. The van der Waals surface area contributed by atoms with Gasteiger partial charge in [-0.05, 0) is 20.8 Å². The van der Waals surface area contributed by atoms with Crippen molar-refractivity contribution in [2.24, 2.45) is 5.73 Å². The molecule has 0 aliphatic rings. The topological polar surface area (TPSA) is 192 Å². The first kappa shape index (κ1) is 21.3. The van der Waals surface area contributed by atoms with Crippen LogP contribution in [-0.4, -0.2) is 43.3 Å². The van der Waals surface area contributed by atoms with Crippen molar-refractivity contribution in [1.82, 2.24) is 10.2 Å². The van der Waals surface area contributed by atoms with Crippen LogP contribution >= 0.6 is 0 Å². The first-order valence-electron chi connectivity index (χ1n) is 4.50. The highest BCUT2D eigenvalue weighted by Gasteiger charge is 2.08. The lowest BCUT2D eigenvalue weighted by Crippen LogP contribution is -2.09. The van der Waals surface area contributed by atoms with Crippen molar-refractivity contribution in [3.63, 3.8) is 0 Å². The average Bonchev–Trinajstić information content (AvgIpc) is 2.46. The van der Waals surface area contributed by atoms with Crippen LogP contribution in [0.25, 0.3) is 0 Å². The minimum atomic E-state index is -1.82. The van der Waals surface area contributed by atoms with Gasteiger partial charge in [0, 0.05) is 17.3 Å². The van der Waals surface area contributed by atoms with Gasteiger partial charge in [0.2, 0.25) is 0 Å². The van der Waals surface area contributed by atoms with Gasteiger partial charge < -0.3 is 26.9 Å². The van der Waals surface area contributed by atoms with Gasteiger partial charge in [0.05, 0.1) is 5.69 Å². The second-order valence-corrected chi connectivity index (χ2v) is 3.25. The summed E-state index contributed by atoms with van der Waals surface area (Å²) in [6.45, 7) is 5.91. The maximum absolute atomic E-state index is 9.10. The standard InChI is InChI=1S/C7H13N3.C2H2O4.2H2O/c1-4(8)7-5(2)9-10-6(7)3;3-1(4)2(5)6;;/h4H,8H2,1-3H3,(H,9,10);(H,3,4)(H,5,6);2*1H2. The highest BCUT2D eigenvalue weighted by atomic mass is 16.4. The Morgan fingerprint density at radius 2 is 1.61 bits per heavy atom. The molecule has 0 radical (unpaired) electrons. The summed E-state index contributed by atoms with van der Waals surface area (Å²) in [5.74, 6) is -3.65. The molecule has 9 heteroatoms. The summed E-state index contributed by atoms with van der Waals surface area (Å²) in [5.41, 5.74) is 8.92. The van der Waals surface area contributed by atoms with Crippen molar-refractivity contribution in [3.8, 4) is 0 Å². The van der Waals surface area contributed by atoms with E-state index in [4.69, 9.17) is 25.5 Å². The number of hydrogen-bond acceptors (Lipinski definition) is 4. The highest BCUT2D eigenvalue weighted by molar-refractivity contribution is 6.27. The Morgan fingerprint density at radius 1 is 1.22 bits per heavy atom. The number of nitrogens with zero attached hydrogens (tertiary/aromatic N) is 1. The summed E-state index contributed by atoms with van der Waals surface area (Å²) >= 11 is 0. The molecule has 1 aromatic rings. The molecule has 0 aliphatic heterocycles. The number of aryl methyl sites for hydroxylation is 2. The van der Waals surface area contributed by atoms with Crippen LogP contribution in [0.3, 0.4) is 0 Å². The molecule has 0 bridgehead atoms. The molecule has 1 heterocycles. The predicted octanol–water partition coefficient (Wildman–Crippen LogP) is -1.45. The summed E-state index contributed by atoms with van der Waals surface area (Å²) < 4.78 is 0. The molecular weight excluding hydrogens is 246 g/mol. The van der Waals surface area contributed by atoms with E-state index in [1.165, 1.54) is 0 Å². The minimum absolute atomic E-state index is 0. The zero-order valence-electron chi connectivity index (χ0n) is 10.3. The van der Waals surface area contributed by atoms with E-state index in [9.17, 15) is 0 Å². The van der Waals surface area contributed by atoms with Gasteiger partial charge in [0.15, 0.2) is 0 Å². The third-order valence-corrected chi connectivity index (χ3v) is 1.82. The first-order chi connectivity index (χ1) is 7.27. The Labute approximate surface area is 103 Å². The number of H-pyrrole nitrogens is 1. The van der Waals surface area contributed by atoms with Crippen LogP contribution in [0.1, 0.15) is 29.9 Å². The second kappa shape index (κ2) is 9.10. The summed E-state index contributed by atoms with van der Waals surface area (Å²) in [4.78, 5) is 18.2. The van der Waals surface area contributed by atoms with E-state index >= 15 is 0 Å². The maximum Gasteiger partial charge on any atom is 0.414 e. The lowest BCUT2D eigenvalue weighted by Gasteiger charge is -2.03.